The molecule has 0 saturated carbocycles. The topological polar surface area (TPSA) is 42.0 Å². The van der Waals surface area contributed by atoms with E-state index < -0.39 is 6.67 Å². The van der Waals surface area contributed by atoms with Crippen LogP contribution in [0.15, 0.2) is 18.2 Å². The van der Waals surface area contributed by atoms with Gasteiger partial charge in [0.2, 0.25) is 0 Å². The molecule has 3 nitrogen and oxygen atoms in total. The van der Waals surface area contributed by atoms with Crippen molar-refractivity contribution < 1.29 is 9.18 Å². The summed E-state index contributed by atoms with van der Waals surface area (Å²) in [5.41, 5.74) is 1.10. The van der Waals surface area contributed by atoms with Crippen LogP contribution in [0.4, 0.5) is 4.39 Å². The van der Waals surface area contributed by atoms with Crippen molar-refractivity contribution in [3.63, 3.8) is 0 Å². The molecule has 4 heteroatoms. The fourth-order valence-corrected chi connectivity index (χ4v) is 0.921. The summed E-state index contributed by atoms with van der Waals surface area (Å²) in [6.07, 6.45) is 0. The highest BCUT2D eigenvalue weighted by Gasteiger charge is 2.04. The summed E-state index contributed by atoms with van der Waals surface area (Å²) < 4.78 is 11.7. The van der Waals surface area contributed by atoms with Gasteiger partial charge in [0.25, 0.3) is 5.91 Å². The molecule has 0 radical (unpaired) electrons. The molecule has 0 aliphatic rings. The first-order chi connectivity index (χ1) is 6.24. The normalized spacial score (nSPS) is 9.69. The van der Waals surface area contributed by atoms with Gasteiger partial charge in [-0.3, -0.25) is 4.79 Å². The maximum absolute atomic E-state index is 11.7. The minimum absolute atomic E-state index is 0.0362. The molecule has 1 heterocycles. The summed E-state index contributed by atoms with van der Waals surface area (Å²) >= 11 is 0. The van der Waals surface area contributed by atoms with E-state index >= 15 is 0 Å². The Kier molecular flexibility index (Phi) is 3.37. The van der Waals surface area contributed by atoms with Crippen LogP contribution in [0.2, 0.25) is 0 Å². The number of rotatable bonds is 3. The molecular formula is C9H11FN2O. The van der Waals surface area contributed by atoms with Crippen molar-refractivity contribution in [3.8, 4) is 0 Å². The average molecular weight is 182 g/mol. The van der Waals surface area contributed by atoms with Crippen molar-refractivity contribution in [3.05, 3.63) is 29.6 Å². The van der Waals surface area contributed by atoms with Crippen LogP contribution < -0.4 is 5.32 Å². The van der Waals surface area contributed by atoms with Gasteiger partial charge in [-0.2, -0.15) is 0 Å². The predicted molar refractivity (Wildman–Crippen MR) is 47.3 cm³/mol. The van der Waals surface area contributed by atoms with Gasteiger partial charge in [-0.1, -0.05) is 6.07 Å². The van der Waals surface area contributed by atoms with Crippen LogP contribution in [0, 0.1) is 6.92 Å². The van der Waals surface area contributed by atoms with E-state index in [1.54, 1.807) is 25.1 Å². The van der Waals surface area contributed by atoms with Crippen LogP contribution in [0.25, 0.3) is 0 Å². The van der Waals surface area contributed by atoms with Gasteiger partial charge >= 0.3 is 0 Å². The number of hydrogen-bond donors (Lipinski definition) is 1. The fourth-order valence-electron chi connectivity index (χ4n) is 0.921. The molecule has 0 spiro atoms. The Morgan fingerprint density at radius 3 is 3.00 bits per heavy atom. The molecule has 70 valence electrons. The van der Waals surface area contributed by atoms with Crippen molar-refractivity contribution >= 4 is 5.91 Å². The fraction of sp³-hybridized carbons (Fsp3) is 0.333. The minimum Gasteiger partial charge on any atom is -0.348 e. The maximum Gasteiger partial charge on any atom is 0.269 e. The number of aromatic nitrogens is 1. The molecule has 0 saturated heterocycles. The molecule has 0 atom stereocenters. The molecular weight excluding hydrogens is 171 g/mol. The lowest BCUT2D eigenvalue weighted by Crippen LogP contribution is -2.26. The van der Waals surface area contributed by atoms with Crippen molar-refractivity contribution in [2.75, 3.05) is 13.2 Å². The third-order valence-corrected chi connectivity index (χ3v) is 1.50. The number of alkyl halides is 1. The number of pyridine rings is 1. The predicted octanol–water partition coefficient (Wildman–Crippen LogP) is 1.09. The largest absolute Gasteiger partial charge is 0.348 e. The molecule has 1 aromatic heterocycles. The highest BCUT2D eigenvalue weighted by atomic mass is 19.1. The third kappa shape index (κ3) is 2.82. The molecule has 1 amide bonds. The van der Waals surface area contributed by atoms with E-state index in [0.717, 1.165) is 5.69 Å². The van der Waals surface area contributed by atoms with Crippen molar-refractivity contribution in [1.29, 1.82) is 0 Å². The molecule has 0 aromatic carbocycles. The quantitative estimate of drug-likeness (QED) is 0.760. The zero-order valence-electron chi connectivity index (χ0n) is 7.38. The SMILES string of the molecule is Cc1cccc(C(=O)NCCF)n1. The zero-order chi connectivity index (χ0) is 9.68. The molecule has 0 fully saturated rings. The second-order valence-corrected chi connectivity index (χ2v) is 2.61. The first kappa shape index (κ1) is 9.64. The Morgan fingerprint density at radius 1 is 1.62 bits per heavy atom. The molecule has 0 aliphatic carbocycles. The van der Waals surface area contributed by atoms with Crippen LogP contribution in [-0.2, 0) is 0 Å². The summed E-state index contributed by atoms with van der Waals surface area (Å²) in [5.74, 6) is -0.332. The highest BCUT2D eigenvalue weighted by molar-refractivity contribution is 5.92. The van der Waals surface area contributed by atoms with Gasteiger partial charge < -0.3 is 5.32 Å². The number of amides is 1. The van der Waals surface area contributed by atoms with Crippen LogP contribution >= 0.6 is 0 Å². The van der Waals surface area contributed by atoms with E-state index in [9.17, 15) is 9.18 Å². The monoisotopic (exact) mass is 182 g/mol. The molecule has 1 aromatic rings. The van der Waals surface area contributed by atoms with E-state index in [2.05, 4.69) is 10.3 Å². The second-order valence-electron chi connectivity index (χ2n) is 2.61. The van der Waals surface area contributed by atoms with Crippen molar-refractivity contribution in [1.82, 2.24) is 10.3 Å². The molecule has 13 heavy (non-hydrogen) atoms. The average Bonchev–Trinajstić information content (AvgIpc) is 2.14. The zero-order valence-corrected chi connectivity index (χ0v) is 7.38. The molecule has 1 N–H and O–H groups in total. The smallest absolute Gasteiger partial charge is 0.269 e. The summed E-state index contributed by atoms with van der Waals surface area (Å²) in [6, 6.07) is 5.14. The second kappa shape index (κ2) is 4.54. The van der Waals surface area contributed by atoms with E-state index in [1.165, 1.54) is 0 Å². The molecule has 0 aliphatic heterocycles. The van der Waals surface area contributed by atoms with Gasteiger partial charge in [0.15, 0.2) is 0 Å². The van der Waals surface area contributed by atoms with Gasteiger partial charge in [-0.05, 0) is 19.1 Å². The Morgan fingerprint density at radius 2 is 2.38 bits per heavy atom. The Balaban J connectivity index is 2.66. The lowest BCUT2D eigenvalue weighted by Gasteiger charge is -2.01. The number of carbonyl (C=O) groups excluding carboxylic acids is 1. The van der Waals surface area contributed by atoms with E-state index in [0.29, 0.717) is 5.69 Å². The van der Waals surface area contributed by atoms with Crippen LogP contribution in [-0.4, -0.2) is 24.1 Å². The summed E-state index contributed by atoms with van der Waals surface area (Å²) in [6.45, 7) is 1.28. The Bertz CT molecular complexity index is 301. The maximum atomic E-state index is 11.7. The molecule has 0 bridgehead atoms. The standard InChI is InChI=1S/C9H11FN2O/c1-7-3-2-4-8(12-7)9(13)11-6-5-10/h2-4H,5-6H2,1H3,(H,11,13). The number of nitrogens with zero attached hydrogens (tertiary/aromatic N) is 1. The van der Waals surface area contributed by atoms with Crippen LogP contribution in [0.1, 0.15) is 16.2 Å². The number of halogens is 1. The number of nitrogens with one attached hydrogen (secondary N) is 1. The molecule has 0 unspecified atom stereocenters. The highest BCUT2D eigenvalue weighted by Crippen LogP contribution is 1.97. The number of aryl methyl sites for hydroxylation is 1. The Labute approximate surface area is 76.0 Å². The van der Waals surface area contributed by atoms with E-state index in [4.69, 9.17) is 0 Å². The Hall–Kier alpha value is -1.45. The van der Waals surface area contributed by atoms with E-state index in [1.807, 2.05) is 0 Å². The van der Waals surface area contributed by atoms with Gasteiger partial charge in [-0.25, -0.2) is 9.37 Å². The van der Waals surface area contributed by atoms with Gasteiger partial charge in [0.1, 0.15) is 12.4 Å². The van der Waals surface area contributed by atoms with Gasteiger partial charge in [0.05, 0.1) is 0 Å². The first-order valence-electron chi connectivity index (χ1n) is 4.02. The third-order valence-electron chi connectivity index (χ3n) is 1.50. The van der Waals surface area contributed by atoms with Crippen LogP contribution in [0.3, 0.4) is 0 Å². The van der Waals surface area contributed by atoms with Gasteiger partial charge in [-0.15, -0.1) is 0 Å². The van der Waals surface area contributed by atoms with Crippen LogP contribution in [0.5, 0.6) is 0 Å². The number of carbonyl (C=O) groups is 1. The van der Waals surface area contributed by atoms with Crippen molar-refractivity contribution in [2.45, 2.75) is 6.92 Å². The summed E-state index contributed by atoms with van der Waals surface area (Å²) in [4.78, 5) is 15.2. The van der Waals surface area contributed by atoms with Crippen molar-refractivity contribution in [2.24, 2.45) is 0 Å². The minimum atomic E-state index is -0.558. The molecule has 1 rings (SSSR count). The summed E-state index contributed by atoms with van der Waals surface area (Å²) in [7, 11) is 0. The number of hydrogen-bond acceptors (Lipinski definition) is 2. The lowest BCUT2D eigenvalue weighted by atomic mass is 10.3. The summed E-state index contributed by atoms with van der Waals surface area (Å²) in [5, 5.41) is 2.40. The first-order valence-corrected chi connectivity index (χ1v) is 4.02. The lowest BCUT2D eigenvalue weighted by molar-refractivity contribution is 0.0945. The van der Waals surface area contributed by atoms with E-state index in [-0.39, 0.29) is 12.5 Å². The van der Waals surface area contributed by atoms with Gasteiger partial charge in [0, 0.05) is 12.2 Å².